The molecule has 1 aromatic rings. The first-order valence-corrected chi connectivity index (χ1v) is 8.17. The predicted molar refractivity (Wildman–Crippen MR) is 74.2 cm³/mol. The maximum Gasteiger partial charge on any atom is 0.242 e. The van der Waals surface area contributed by atoms with Crippen LogP contribution in [0.1, 0.15) is 19.3 Å². The van der Waals surface area contributed by atoms with Crippen LogP contribution in [0.15, 0.2) is 29.2 Å². The molecule has 3 N–H and O–H groups in total. The number of sulfonamides is 1. The first kappa shape index (κ1) is 12.9. The smallest absolute Gasteiger partial charge is 0.242 e. The third-order valence-corrected chi connectivity index (χ3v) is 5.68. The molecular formula is C13H19N3O2S. The Kier molecular flexibility index (Phi) is 3.24. The second-order valence-electron chi connectivity index (χ2n) is 5.30. The van der Waals surface area contributed by atoms with E-state index in [4.69, 9.17) is 5.73 Å². The molecule has 1 aromatic carbocycles. The standard InChI is InChI=1S/C13H19N3O2S/c14-10-4-1-2-6-13(10)19(17,18)15-11-7-9-16-8-3-5-12(11)16/h1-2,4,6,11-12,15H,3,5,7-9,14H2. The fraction of sp³-hybridized carbons (Fsp3) is 0.538. The lowest BCUT2D eigenvalue weighted by molar-refractivity contribution is 0.309. The van der Waals surface area contributed by atoms with Crippen LogP contribution in [0.5, 0.6) is 0 Å². The molecule has 0 saturated carbocycles. The third-order valence-electron chi connectivity index (χ3n) is 4.12. The maximum absolute atomic E-state index is 12.4. The van der Waals surface area contributed by atoms with Crippen molar-refractivity contribution in [3.05, 3.63) is 24.3 Å². The number of nitrogens with zero attached hydrogens (tertiary/aromatic N) is 1. The summed E-state index contributed by atoms with van der Waals surface area (Å²) in [6, 6.07) is 6.99. The molecule has 2 fully saturated rings. The molecule has 2 aliphatic heterocycles. The number of para-hydroxylation sites is 1. The number of hydrogen-bond acceptors (Lipinski definition) is 4. The molecule has 2 atom stereocenters. The van der Waals surface area contributed by atoms with Crippen LogP contribution < -0.4 is 10.5 Å². The van der Waals surface area contributed by atoms with Gasteiger partial charge in [0.15, 0.2) is 0 Å². The fourth-order valence-corrected chi connectivity index (χ4v) is 4.64. The van der Waals surface area contributed by atoms with Crippen molar-refractivity contribution in [2.75, 3.05) is 18.8 Å². The second-order valence-corrected chi connectivity index (χ2v) is 6.98. The summed E-state index contributed by atoms with van der Waals surface area (Å²) in [6.07, 6.45) is 3.13. The van der Waals surface area contributed by atoms with Crippen molar-refractivity contribution < 1.29 is 8.42 Å². The Morgan fingerprint density at radius 1 is 1.21 bits per heavy atom. The summed E-state index contributed by atoms with van der Waals surface area (Å²) in [4.78, 5) is 2.56. The fourth-order valence-electron chi connectivity index (χ4n) is 3.21. The topological polar surface area (TPSA) is 75.4 Å². The number of nitrogens with two attached hydrogens (primary N) is 1. The van der Waals surface area contributed by atoms with E-state index >= 15 is 0 Å². The molecule has 2 heterocycles. The summed E-state index contributed by atoms with van der Waals surface area (Å²) in [7, 11) is -3.51. The van der Waals surface area contributed by atoms with Gasteiger partial charge in [-0.3, -0.25) is 4.90 Å². The average molecular weight is 281 g/mol. The molecule has 2 aliphatic rings. The van der Waals surface area contributed by atoms with Gasteiger partial charge in [-0.2, -0.15) is 0 Å². The molecule has 5 nitrogen and oxygen atoms in total. The zero-order valence-electron chi connectivity index (χ0n) is 10.7. The van der Waals surface area contributed by atoms with Crippen LogP contribution in [0.4, 0.5) is 5.69 Å². The van der Waals surface area contributed by atoms with Gasteiger partial charge in [-0.25, -0.2) is 13.1 Å². The maximum atomic E-state index is 12.4. The van der Waals surface area contributed by atoms with Crippen molar-refractivity contribution in [2.24, 2.45) is 0 Å². The highest BCUT2D eigenvalue weighted by Gasteiger charge is 2.39. The van der Waals surface area contributed by atoms with Gasteiger partial charge in [0.05, 0.1) is 5.69 Å². The monoisotopic (exact) mass is 281 g/mol. The van der Waals surface area contributed by atoms with E-state index in [9.17, 15) is 8.42 Å². The average Bonchev–Trinajstić information content (AvgIpc) is 2.94. The van der Waals surface area contributed by atoms with Gasteiger partial charge in [0.25, 0.3) is 0 Å². The number of rotatable bonds is 3. The molecule has 0 aromatic heterocycles. The predicted octanol–water partition coefficient (Wildman–Crippen LogP) is 0.784. The Morgan fingerprint density at radius 3 is 2.79 bits per heavy atom. The summed E-state index contributed by atoms with van der Waals surface area (Å²) in [5.74, 6) is 0. The Bertz CT molecular complexity index is 573. The van der Waals surface area contributed by atoms with Crippen molar-refractivity contribution in [3.8, 4) is 0 Å². The highest BCUT2D eigenvalue weighted by molar-refractivity contribution is 7.89. The van der Waals surface area contributed by atoms with Gasteiger partial charge in [0.1, 0.15) is 4.90 Å². The Hall–Kier alpha value is -1.11. The van der Waals surface area contributed by atoms with Gasteiger partial charge < -0.3 is 5.73 Å². The molecule has 0 radical (unpaired) electrons. The summed E-state index contributed by atoms with van der Waals surface area (Å²) < 4.78 is 27.6. The molecule has 0 aliphatic carbocycles. The molecule has 0 bridgehead atoms. The number of fused-ring (bicyclic) bond motifs is 1. The van der Waals surface area contributed by atoms with Crippen LogP contribution in [0.3, 0.4) is 0 Å². The van der Waals surface area contributed by atoms with Gasteiger partial charge in [0, 0.05) is 18.6 Å². The van der Waals surface area contributed by atoms with Crippen molar-refractivity contribution >= 4 is 15.7 Å². The Labute approximate surface area is 113 Å². The first-order valence-electron chi connectivity index (χ1n) is 6.69. The zero-order chi connectivity index (χ0) is 13.5. The normalized spacial score (nSPS) is 27.6. The molecule has 2 saturated heterocycles. The highest BCUT2D eigenvalue weighted by atomic mass is 32.2. The quantitative estimate of drug-likeness (QED) is 0.803. The molecule has 2 unspecified atom stereocenters. The van der Waals surface area contributed by atoms with Crippen LogP contribution in [0.25, 0.3) is 0 Å². The summed E-state index contributed by atoms with van der Waals surface area (Å²) in [5, 5.41) is 0. The Morgan fingerprint density at radius 2 is 2.00 bits per heavy atom. The molecule has 19 heavy (non-hydrogen) atoms. The molecule has 0 amide bonds. The number of benzene rings is 1. The van der Waals surface area contributed by atoms with Crippen LogP contribution in [-0.2, 0) is 10.0 Å². The highest BCUT2D eigenvalue weighted by Crippen LogP contribution is 2.29. The molecular weight excluding hydrogens is 262 g/mol. The van der Waals surface area contributed by atoms with Gasteiger partial charge in [-0.05, 0) is 37.9 Å². The SMILES string of the molecule is Nc1ccccc1S(=O)(=O)NC1CCN2CCCC12. The van der Waals surface area contributed by atoms with Crippen LogP contribution in [0, 0.1) is 0 Å². The van der Waals surface area contributed by atoms with E-state index in [1.54, 1.807) is 24.3 Å². The summed E-state index contributed by atoms with van der Waals surface area (Å²) in [5.41, 5.74) is 6.06. The van der Waals surface area contributed by atoms with Crippen LogP contribution >= 0.6 is 0 Å². The van der Waals surface area contributed by atoms with Gasteiger partial charge in [0.2, 0.25) is 10.0 Å². The van der Waals surface area contributed by atoms with E-state index in [0.29, 0.717) is 11.7 Å². The number of hydrogen-bond donors (Lipinski definition) is 2. The largest absolute Gasteiger partial charge is 0.398 e. The Balaban J connectivity index is 1.81. The van der Waals surface area contributed by atoms with Crippen molar-refractivity contribution in [3.63, 3.8) is 0 Å². The third kappa shape index (κ3) is 2.35. The summed E-state index contributed by atoms with van der Waals surface area (Å²) in [6.45, 7) is 2.08. The summed E-state index contributed by atoms with van der Waals surface area (Å²) >= 11 is 0. The lowest BCUT2D eigenvalue weighted by Gasteiger charge is -2.21. The van der Waals surface area contributed by atoms with Gasteiger partial charge in [-0.15, -0.1) is 0 Å². The lowest BCUT2D eigenvalue weighted by atomic mass is 10.1. The second kappa shape index (κ2) is 4.77. The first-order chi connectivity index (χ1) is 9.08. The molecule has 6 heteroatoms. The van der Waals surface area contributed by atoms with E-state index < -0.39 is 10.0 Å². The van der Waals surface area contributed by atoms with Crippen molar-refractivity contribution in [1.29, 1.82) is 0 Å². The van der Waals surface area contributed by atoms with Crippen molar-refractivity contribution in [2.45, 2.75) is 36.2 Å². The van der Waals surface area contributed by atoms with E-state index in [0.717, 1.165) is 32.4 Å². The molecule has 0 spiro atoms. The number of nitrogens with one attached hydrogen (secondary N) is 1. The van der Waals surface area contributed by atoms with Crippen LogP contribution in [-0.4, -0.2) is 38.5 Å². The minimum Gasteiger partial charge on any atom is -0.398 e. The molecule has 3 rings (SSSR count). The van der Waals surface area contributed by atoms with E-state index in [1.165, 1.54) is 0 Å². The minimum atomic E-state index is -3.51. The van der Waals surface area contributed by atoms with E-state index in [-0.39, 0.29) is 10.9 Å². The van der Waals surface area contributed by atoms with Crippen LogP contribution in [0.2, 0.25) is 0 Å². The van der Waals surface area contributed by atoms with E-state index in [2.05, 4.69) is 9.62 Å². The van der Waals surface area contributed by atoms with Gasteiger partial charge >= 0.3 is 0 Å². The lowest BCUT2D eigenvalue weighted by Crippen LogP contribution is -2.42. The van der Waals surface area contributed by atoms with Gasteiger partial charge in [-0.1, -0.05) is 12.1 Å². The van der Waals surface area contributed by atoms with Crippen molar-refractivity contribution in [1.82, 2.24) is 9.62 Å². The number of anilines is 1. The number of nitrogen functional groups attached to an aromatic ring is 1. The minimum absolute atomic E-state index is 0.0205. The van der Waals surface area contributed by atoms with E-state index in [1.807, 2.05) is 0 Å². The zero-order valence-corrected chi connectivity index (χ0v) is 11.6. The molecule has 104 valence electrons.